The third-order valence-electron chi connectivity index (χ3n) is 1.87. The molecule has 0 aliphatic heterocycles. The third-order valence-corrected chi connectivity index (χ3v) is 2.18. The minimum absolute atomic E-state index is 0.622. The van der Waals surface area contributed by atoms with Gasteiger partial charge in [0.1, 0.15) is 5.75 Å². The Hall–Kier alpha value is -0.890. The van der Waals surface area contributed by atoms with Crippen molar-refractivity contribution in [1.29, 1.82) is 0 Å². The molecule has 0 saturated heterocycles. The second kappa shape index (κ2) is 5.11. The molecular formula is C11H16ClNO. The zero-order valence-electron chi connectivity index (χ0n) is 8.80. The van der Waals surface area contributed by atoms with Gasteiger partial charge in [0.25, 0.3) is 0 Å². The summed E-state index contributed by atoms with van der Waals surface area (Å²) in [5.74, 6) is 1.33. The second-order valence-corrected chi connectivity index (χ2v) is 4.03. The van der Waals surface area contributed by atoms with Gasteiger partial charge >= 0.3 is 0 Å². The number of benzene rings is 1. The molecule has 0 saturated carbocycles. The summed E-state index contributed by atoms with van der Waals surface area (Å²) >= 11 is 5.91. The fourth-order valence-corrected chi connectivity index (χ4v) is 1.29. The Morgan fingerprint density at radius 1 is 1.43 bits per heavy atom. The van der Waals surface area contributed by atoms with Crippen LogP contribution in [0.2, 0.25) is 5.02 Å². The molecule has 0 unspecified atom stereocenters. The molecule has 1 rings (SSSR count). The molecule has 0 atom stereocenters. The van der Waals surface area contributed by atoms with Gasteiger partial charge in [-0.1, -0.05) is 25.4 Å². The van der Waals surface area contributed by atoms with Crippen molar-refractivity contribution in [2.75, 3.05) is 19.0 Å². The fourth-order valence-electron chi connectivity index (χ4n) is 1.09. The van der Waals surface area contributed by atoms with E-state index in [9.17, 15) is 0 Å². The van der Waals surface area contributed by atoms with Gasteiger partial charge in [0.05, 0.1) is 12.1 Å². The van der Waals surface area contributed by atoms with Crippen molar-refractivity contribution in [2.24, 2.45) is 5.92 Å². The zero-order valence-corrected chi connectivity index (χ0v) is 9.56. The molecule has 78 valence electrons. The van der Waals surface area contributed by atoms with E-state index < -0.39 is 0 Å². The van der Waals surface area contributed by atoms with E-state index in [-0.39, 0.29) is 0 Å². The van der Waals surface area contributed by atoms with Crippen molar-refractivity contribution < 1.29 is 4.74 Å². The minimum Gasteiger partial charge on any atom is -0.495 e. The average Bonchev–Trinajstić information content (AvgIpc) is 2.16. The Morgan fingerprint density at radius 3 is 2.71 bits per heavy atom. The molecule has 3 heteroatoms. The van der Waals surface area contributed by atoms with E-state index in [1.807, 2.05) is 18.2 Å². The van der Waals surface area contributed by atoms with Crippen LogP contribution in [-0.2, 0) is 0 Å². The Kier molecular flexibility index (Phi) is 4.08. The molecule has 0 aromatic heterocycles. The Bertz CT molecular complexity index is 299. The lowest BCUT2D eigenvalue weighted by atomic mass is 10.2. The van der Waals surface area contributed by atoms with Crippen LogP contribution in [0.5, 0.6) is 5.75 Å². The largest absolute Gasteiger partial charge is 0.495 e. The number of methoxy groups -OCH3 is 1. The van der Waals surface area contributed by atoms with Gasteiger partial charge < -0.3 is 10.1 Å². The van der Waals surface area contributed by atoms with Crippen LogP contribution >= 0.6 is 11.6 Å². The van der Waals surface area contributed by atoms with Crippen LogP contribution in [-0.4, -0.2) is 13.7 Å². The molecule has 0 heterocycles. The average molecular weight is 214 g/mol. The standard InChI is InChI=1S/C11H16ClNO/c1-8(2)7-13-9-4-5-10(12)11(6-9)14-3/h4-6,8,13H,7H2,1-3H3. The molecule has 1 aromatic rings. The molecule has 14 heavy (non-hydrogen) atoms. The predicted molar refractivity (Wildman–Crippen MR) is 61.3 cm³/mol. The molecule has 0 spiro atoms. The Balaban J connectivity index is 2.69. The van der Waals surface area contributed by atoms with E-state index in [4.69, 9.17) is 16.3 Å². The summed E-state index contributed by atoms with van der Waals surface area (Å²) in [6.45, 7) is 5.28. The van der Waals surface area contributed by atoms with E-state index >= 15 is 0 Å². The molecule has 0 radical (unpaired) electrons. The van der Waals surface area contributed by atoms with Gasteiger partial charge in [-0.25, -0.2) is 0 Å². The quantitative estimate of drug-likeness (QED) is 0.828. The van der Waals surface area contributed by atoms with Gasteiger partial charge in [-0.2, -0.15) is 0 Å². The molecule has 0 fully saturated rings. The van der Waals surface area contributed by atoms with Crippen molar-refractivity contribution >= 4 is 17.3 Å². The van der Waals surface area contributed by atoms with Crippen LogP contribution in [0.15, 0.2) is 18.2 Å². The highest BCUT2D eigenvalue weighted by atomic mass is 35.5. The van der Waals surface area contributed by atoms with Crippen LogP contribution in [0.1, 0.15) is 13.8 Å². The van der Waals surface area contributed by atoms with E-state index in [0.717, 1.165) is 12.2 Å². The minimum atomic E-state index is 0.622. The van der Waals surface area contributed by atoms with E-state index in [1.54, 1.807) is 7.11 Å². The number of nitrogens with one attached hydrogen (secondary N) is 1. The van der Waals surface area contributed by atoms with E-state index in [0.29, 0.717) is 16.7 Å². The normalized spacial score (nSPS) is 10.4. The topological polar surface area (TPSA) is 21.3 Å². The van der Waals surface area contributed by atoms with Gasteiger partial charge in [-0.05, 0) is 18.1 Å². The lowest BCUT2D eigenvalue weighted by molar-refractivity contribution is 0.415. The first-order chi connectivity index (χ1) is 6.63. The number of hydrogen-bond acceptors (Lipinski definition) is 2. The smallest absolute Gasteiger partial charge is 0.139 e. The Morgan fingerprint density at radius 2 is 2.14 bits per heavy atom. The number of rotatable bonds is 4. The lowest BCUT2D eigenvalue weighted by Gasteiger charge is -2.10. The highest BCUT2D eigenvalue weighted by Crippen LogP contribution is 2.27. The molecule has 0 bridgehead atoms. The summed E-state index contributed by atoms with van der Waals surface area (Å²) in [4.78, 5) is 0. The molecule has 0 aliphatic carbocycles. The van der Waals surface area contributed by atoms with Gasteiger partial charge in [0.15, 0.2) is 0 Å². The monoisotopic (exact) mass is 213 g/mol. The first-order valence-electron chi connectivity index (χ1n) is 4.71. The van der Waals surface area contributed by atoms with Crippen molar-refractivity contribution in [2.45, 2.75) is 13.8 Å². The number of ether oxygens (including phenoxy) is 1. The summed E-state index contributed by atoms with van der Waals surface area (Å²) in [6.07, 6.45) is 0. The highest BCUT2D eigenvalue weighted by Gasteiger charge is 2.01. The third kappa shape index (κ3) is 3.11. The van der Waals surface area contributed by atoms with Crippen molar-refractivity contribution in [3.63, 3.8) is 0 Å². The van der Waals surface area contributed by atoms with Crippen LogP contribution in [0.25, 0.3) is 0 Å². The second-order valence-electron chi connectivity index (χ2n) is 3.62. The fraction of sp³-hybridized carbons (Fsp3) is 0.455. The summed E-state index contributed by atoms with van der Waals surface area (Å²) in [7, 11) is 1.62. The van der Waals surface area contributed by atoms with E-state index in [1.165, 1.54) is 0 Å². The van der Waals surface area contributed by atoms with Gasteiger partial charge in [0.2, 0.25) is 0 Å². The maximum absolute atomic E-state index is 5.91. The predicted octanol–water partition coefficient (Wildman–Crippen LogP) is 3.42. The Labute approximate surface area is 90.2 Å². The first kappa shape index (κ1) is 11.2. The highest BCUT2D eigenvalue weighted by molar-refractivity contribution is 6.32. The van der Waals surface area contributed by atoms with Gasteiger partial charge in [-0.3, -0.25) is 0 Å². The first-order valence-corrected chi connectivity index (χ1v) is 5.08. The summed E-state index contributed by atoms with van der Waals surface area (Å²) in [6, 6.07) is 5.70. The van der Waals surface area contributed by atoms with Crippen LogP contribution < -0.4 is 10.1 Å². The van der Waals surface area contributed by atoms with Crippen LogP contribution in [0.4, 0.5) is 5.69 Å². The van der Waals surface area contributed by atoms with E-state index in [2.05, 4.69) is 19.2 Å². The molecular weight excluding hydrogens is 198 g/mol. The summed E-state index contributed by atoms with van der Waals surface area (Å²) in [5, 5.41) is 3.95. The number of halogens is 1. The molecule has 1 N–H and O–H groups in total. The van der Waals surface area contributed by atoms with Gasteiger partial charge in [-0.15, -0.1) is 0 Å². The van der Waals surface area contributed by atoms with Crippen molar-refractivity contribution in [1.82, 2.24) is 0 Å². The molecule has 1 aromatic carbocycles. The van der Waals surface area contributed by atoms with Crippen molar-refractivity contribution in [3.05, 3.63) is 23.2 Å². The molecule has 0 amide bonds. The van der Waals surface area contributed by atoms with Crippen molar-refractivity contribution in [3.8, 4) is 5.75 Å². The summed E-state index contributed by atoms with van der Waals surface area (Å²) < 4.78 is 5.12. The molecule has 0 aliphatic rings. The number of hydrogen-bond donors (Lipinski definition) is 1. The maximum Gasteiger partial charge on any atom is 0.139 e. The van der Waals surface area contributed by atoms with Gasteiger partial charge in [0, 0.05) is 18.3 Å². The lowest BCUT2D eigenvalue weighted by Crippen LogP contribution is -2.07. The zero-order chi connectivity index (χ0) is 10.6. The molecule has 2 nitrogen and oxygen atoms in total. The van der Waals surface area contributed by atoms with Crippen LogP contribution in [0.3, 0.4) is 0 Å². The SMILES string of the molecule is COc1cc(NCC(C)C)ccc1Cl. The number of anilines is 1. The summed E-state index contributed by atoms with van der Waals surface area (Å²) in [5.41, 5.74) is 1.04. The van der Waals surface area contributed by atoms with Crippen LogP contribution in [0, 0.1) is 5.92 Å². The maximum atomic E-state index is 5.91.